The lowest BCUT2D eigenvalue weighted by atomic mass is 10.1. The highest BCUT2D eigenvalue weighted by Crippen LogP contribution is 2.17. The maximum atomic E-state index is 5.37. The third kappa shape index (κ3) is 4.61. The molecule has 0 aromatic carbocycles. The van der Waals surface area contributed by atoms with Crippen LogP contribution in [0.5, 0.6) is 0 Å². The minimum absolute atomic E-state index is 0.421. The molecule has 1 saturated heterocycles. The van der Waals surface area contributed by atoms with Crippen LogP contribution in [0.25, 0.3) is 0 Å². The summed E-state index contributed by atoms with van der Waals surface area (Å²) in [5.74, 6) is 2.41. The van der Waals surface area contributed by atoms with Gasteiger partial charge in [-0.05, 0) is 19.3 Å². The van der Waals surface area contributed by atoms with Gasteiger partial charge in [-0.15, -0.1) is 0 Å². The van der Waals surface area contributed by atoms with Gasteiger partial charge < -0.3 is 20.1 Å². The van der Waals surface area contributed by atoms with E-state index in [0.717, 1.165) is 50.7 Å². The number of anilines is 2. The largest absolute Gasteiger partial charge is 0.381 e. The van der Waals surface area contributed by atoms with Crippen molar-refractivity contribution >= 4 is 11.6 Å². The highest BCUT2D eigenvalue weighted by atomic mass is 16.5. The molecule has 0 bridgehead atoms. The third-order valence-electron chi connectivity index (χ3n) is 3.18. The highest BCUT2D eigenvalue weighted by Gasteiger charge is 2.15. The van der Waals surface area contributed by atoms with E-state index in [1.807, 2.05) is 6.07 Å². The van der Waals surface area contributed by atoms with Crippen LogP contribution >= 0.6 is 0 Å². The summed E-state index contributed by atoms with van der Waals surface area (Å²) in [6.07, 6.45) is 3.09. The van der Waals surface area contributed by atoms with Gasteiger partial charge in [0.2, 0.25) is 0 Å². The molecule has 1 fully saturated rings. The van der Waals surface area contributed by atoms with Crippen molar-refractivity contribution in [3.63, 3.8) is 0 Å². The molecule has 6 nitrogen and oxygen atoms in total. The first-order chi connectivity index (χ1) is 9.81. The van der Waals surface area contributed by atoms with Crippen molar-refractivity contribution in [3.05, 3.63) is 11.9 Å². The van der Waals surface area contributed by atoms with E-state index < -0.39 is 0 Å². The number of hydrogen-bond acceptors (Lipinski definition) is 6. The lowest BCUT2D eigenvalue weighted by Crippen LogP contribution is -2.28. The van der Waals surface area contributed by atoms with Crippen LogP contribution in [0.1, 0.15) is 32.0 Å². The Labute approximate surface area is 120 Å². The number of aromatic nitrogens is 2. The van der Waals surface area contributed by atoms with Crippen molar-refractivity contribution in [2.75, 3.05) is 37.5 Å². The molecular weight excluding hydrogens is 256 g/mol. The van der Waals surface area contributed by atoms with Gasteiger partial charge in [0.05, 0.1) is 0 Å². The Morgan fingerprint density at radius 3 is 2.75 bits per heavy atom. The van der Waals surface area contributed by atoms with Gasteiger partial charge in [-0.25, -0.2) is 9.97 Å². The first-order valence-corrected chi connectivity index (χ1v) is 7.27. The van der Waals surface area contributed by atoms with E-state index in [9.17, 15) is 0 Å². The van der Waals surface area contributed by atoms with Crippen molar-refractivity contribution in [2.24, 2.45) is 0 Å². The fourth-order valence-electron chi connectivity index (χ4n) is 2.16. The minimum atomic E-state index is 0.421. The van der Waals surface area contributed by atoms with E-state index in [2.05, 4.69) is 27.5 Å². The monoisotopic (exact) mass is 280 g/mol. The molecule has 1 aromatic heterocycles. The van der Waals surface area contributed by atoms with Gasteiger partial charge in [0.25, 0.3) is 0 Å². The molecule has 2 rings (SSSR count). The Morgan fingerprint density at radius 1 is 1.30 bits per heavy atom. The van der Waals surface area contributed by atoms with Gasteiger partial charge in [0.15, 0.2) is 5.82 Å². The Bertz CT molecular complexity index is 408. The molecule has 2 heterocycles. The van der Waals surface area contributed by atoms with E-state index in [0.29, 0.717) is 18.5 Å². The Balaban J connectivity index is 2.06. The molecule has 2 N–H and O–H groups in total. The second-order valence-electron chi connectivity index (χ2n) is 4.95. The van der Waals surface area contributed by atoms with Crippen molar-refractivity contribution in [1.82, 2.24) is 9.97 Å². The maximum Gasteiger partial charge on any atom is 0.158 e. The predicted octanol–water partition coefficient (Wildman–Crippen LogP) is 2.04. The highest BCUT2D eigenvalue weighted by molar-refractivity contribution is 5.48. The average Bonchev–Trinajstić information content (AvgIpc) is 2.46. The van der Waals surface area contributed by atoms with Crippen LogP contribution in [-0.2, 0) is 16.1 Å². The van der Waals surface area contributed by atoms with Gasteiger partial charge in [0, 0.05) is 39.0 Å². The summed E-state index contributed by atoms with van der Waals surface area (Å²) in [5.41, 5.74) is 0. The summed E-state index contributed by atoms with van der Waals surface area (Å²) < 4.78 is 10.5. The van der Waals surface area contributed by atoms with Crippen LogP contribution in [0, 0.1) is 0 Å². The SMILES string of the molecule is CCCNc1cc(NC2CCOCC2)nc(COC)n1. The first-order valence-electron chi connectivity index (χ1n) is 7.27. The van der Waals surface area contributed by atoms with Crippen LogP contribution in [0.4, 0.5) is 11.6 Å². The Kier molecular flexibility index (Phi) is 6.01. The molecule has 0 amide bonds. The molecular formula is C14H24N4O2. The summed E-state index contributed by atoms with van der Waals surface area (Å²) in [7, 11) is 1.65. The molecule has 1 aliphatic heterocycles. The first kappa shape index (κ1) is 15.0. The maximum absolute atomic E-state index is 5.37. The topological polar surface area (TPSA) is 68.3 Å². The number of nitrogens with zero attached hydrogens (tertiary/aromatic N) is 2. The summed E-state index contributed by atoms with van der Waals surface area (Å²) in [4.78, 5) is 8.94. The molecule has 0 atom stereocenters. The van der Waals surface area contributed by atoms with Gasteiger partial charge in [-0.2, -0.15) is 0 Å². The van der Waals surface area contributed by atoms with E-state index in [1.54, 1.807) is 7.11 Å². The van der Waals surface area contributed by atoms with Crippen molar-refractivity contribution in [3.8, 4) is 0 Å². The Morgan fingerprint density at radius 2 is 2.05 bits per heavy atom. The fraction of sp³-hybridized carbons (Fsp3) is 0.714. The molecule has 1 aliphatic rings. The minimum Gasteiger partial charge on any atom is -0.381 e. The molecule has 0 unspecified atom stereocenters. The predicted molar refractivity (Wildman–Crippen MR) is 79.0 cm³/mol. The molecule has 112 valence electrons. The third-order valence-corrected chi connectivity index (χ3v) is 3.18. The van der Waals surface area contributed by atoms with E-state index in [1.165, 1.54) is 0 Å². The number of rotatable bonds is 7. The normalized spacial score (nSPS) is 16.1. The Hall–Kier alpha value is -1.40. The molecule has 0 aliphatic carbocycles. The second-order valence-corrected chi connectivity index (χ2v) is 4.95. The number of methoxy groups -OCH3 is 1. The van der Waals surface area contributed by atoms with Crippen LogP contribution < -0.4 is 10.6 Å². The lowest BCUT2D eigenvalue weighted by Gasteiger charge is -2.24. The summed E-state index contributed by atoms with van der Waals surface area (Å²) in [6.45, 7) is 5.08. The average molecular weight is 280 g/mol. The zero-order valence-electron chi connectivity index (χ0n) is 12.3. The van der Waals surface area contributed by atoms with Crippen molar-refractivity contribution < 1.29 is 9.47 Å². The molecule has 0 spiro atoms. The summed E-state index contributed by atoms with van der Waals surface area (Å²) in [6, 6.07) is 2.39. The molecule has 20 heavy (non-hydrogen) atoms. The zero-order valence-corrected chi connectivity index (χ0v) is 12.3. The van der Waals surface area contributed by atoms with Gasteiger partial charge in [-0.3, -0.25) is 0 Å². The number of ether oxygens (including phenoxy) is 2. The smallest absolute Gasteiger partial charge is 0.158 e. The van der Waals surface area contributed by atoms with Gasteiger partial charge >= 0.3 is 0 Å². The van der Waals surface area contributed by atoms with Crippen molar-refractivity contribution in [1.29, 1.82) is 0 Å². The number of hydrogen-bond donors (Lipinski definition) is 2. The molecule has 0 saturated carbocycles. The van der Waals surface area contributed by atoms with Crippen molar-refractivity contribution in [2.45, 2.75) is 38.8 Å². The molecule has 0 radical (unpaired) electrons. The fourth-order valence-corrected chi connectivity index (χ4v) is 2.16. The zero-order chi connectivity index (χ0) is 14.2. The van der Waals surface area contributed by atoms with E-state index in [-0.39, 0.29) is 0 Å². The summed E-state index contributed by atoms with van der Waals surface area (Å²) in [5, 5.41) is 6.77. The van der Waals surface area contributed by atoms with Crippen LogP contribution in [0.3, 0.4) is 0 Å². The van der Waals surface area contributed by atoms with Crippen LogP contribution in [-0.4, -0.2) is 42.9 Å². The van der Waals surface area contributed by atoms with E-state index in [4.69, 9.17) is 9.47 Å². The van der Waals surface area contributed by atoms with Gasteiger partial charge in [-0.1, -0.05) is 6.92 Å². The molecule has 6 heteroatoms. The quantitative estimate of drug-likeness (QED) is 0.796. The summed E-state index contributed by atoms with van der Waals surface area (Å²) >= 11 is 0. The van der Waals surface area contributed by atoms with Gasteiger partial charge in [0.1, 0.15) is 18.2 Å². The molecule has 1 aromatic rings. The second kappa shape index (κ2) is 8.01. The van der Waals surface area contributed by atoms with Crippen LogP contribution in [0.15, 0.2) is 6.07 Å². The van der Waals surface area contributed by atoms with E-state index >= 15 is 0 Å². The number of nitrogens with one attached hydrogen (secondary N) is 2. The van der Waals surface area contributed by atoms with Crippen LogP contribution in [0.2, 0.25) is 0 Å². The standard InChI is InChI=1S/C14H24N4O2/c1-3-6-15-12-9-13(18-14(17-12)10-19-2)16-11-4-7-20-8-5-11/h9,11H,3-8,10H2,1-2H3,(H2,15,16,17,18). The lowest BCUT2D eigenvalue weighted by molar-refractivity contribution is 0.0903.